The van der Waals surface area contributed by atoms with Crippen molar-refractivity contribution in [1.82, 2.24) is 14.6 Å². The van der Waals surface area contributed by atoms with Crippen LogP contribution in [-0.2, 0) is 6.18 Å². The molecule has 4 rings (SSSR count). The van der Waals surface area contributed by atoms with Gasteiger partial charge in [0.1, 0.15) is 17.7 Å². The first-order valence-corrected chi connectivity index (χ1v) is 8.99. The van der Waals surface area contributed by atoms with Crippen molar-refractivity contribution in [3.8, 4) is 11.3 Å². The number of nitrogens with one attached hydrogen (secondary N) is 1. The minimum absolute atomic E-state index is 0.00396. The van der Waals surface area contributed by atoms with E-state index in [1.54, 1.807) is 6.07 Å². The summed E-state index contributed by atoms with van der Waals surface area (Å²) < 4.78 is 54.5. The monoisotopic (exact) mass is 410 g/mol. The van der Waals surface area contributed by atoms with Crippen LogP contribution in [0.2, 0.25) is 0 Å². The van der Waals surface area contributed by atoms with Crippen molar-refractivity contribution in [1.29, 1.82) is 0 Å². The Morgan fingerprint density at radius 1 is 1.14 bits per heavy atom. The lowest BCUT2D eigenvalue weighted by atomic mass is 10.1. The van der Waals surface area contributed by atoms with Crippen molar-refractivity contribution in [2.45, 2.75) is 37.8 Å². The van der Waals surface area contributed by atoms with Gasteiger partial charge >= 0.3 is 6.18 Å². The number of aliphatic hydroxyl groups excluding tert-OH is 2. The van der Waals surface area contributed by atoms with Gasteiger partial charge in [-0.15, -0.1) is 0 Å². The molecule has 6 nitrogen and oxygen atoms in total. The number of rotatable bonds is 3. The van der Waals surface area contributed by atoms with E-state index in [4.69, 9.17) is 0 Å². The summed E-state index contributed by atoms with van der Waals surface area (Å²) in [4.78, 5) is 4.12. The zero-order chi connectivity index (χ0) is 20.9. The summed E-state index contributed by atoms with van der Waals surface area (Å²) >= 11 is 0. The number of alkyl halides is 3. The van der Waals surface area contributed by atoms with Gasteiger partial charge in [0.15, 0.2) is 5.65 Å². The Hall–Kier alpha value is -2.72. The van der Waals surface area contributed by atoms with E-state index < -0.39 is 35.8 Å². The van der Waals surface area contributed by atoms with Crippen molar-refractivity contribution in [2.24, 2.45) is 5.92 Å². The molecule has 0 aliphatic heterocycles. The van der Waals surface area contributed by atoms with Gasteiger partial charge in [-0.1, -0.05) is 6.92 Å². The van der Waals surface area contributed by atoms with E-state index in [1.165, 1.54) is 16.8 Å². The molecule has 10 heteroatoms. The average Bonchev–Trinajstić information content (AvgIpc) is 3.19. The summed E-state index contributed by atoms with van der Waals surface area (Å²) in [5.74, 6) is -0.523. The van der Waals surface area contributed by atoms with Gasteiger partial charge in [-0.05, 0) is 36.6 Å². The fourth-order valence-electron chi connectivity index (χ4n) is 3.62. The number of benzene rings is 1. The average molecular weight is 410 g/mol. The van der Waals surface area contributed by atoms with Crippen LogP contribution in [0.4, 0.5) is 23.4 Å². The van der Waals surface area contributed by atoms with Gasteiger partial charge in [-0.25, -0.2) is 9.37 Å². The van der Waals surface area contributed by atoms with Gasteiger partial charge in [0, 0.05) is 17.8 Å². The molecule has 0 unspecified atom stereocenters. The molecule has 3 aromatic rings. The first kappa shape index (κ1) is 19.6. The minimum Gasteiger partial charge on any atom is -0.390 e. The molecule has 154 valence electrons. The summed E-state index contributed by atoms with van der Waals surface area (Å²) in [6, 6.07) is 4.66. The van der Waals surface area contributed by atoms with E-state index in [1.807, 2.05) is 6.92 Å². The van der Waals surface area contributed by atoms with Crippen molar-refractivity contribution < 1.29 is 27.8 Å². The molecule has 3 N–H and O–H groups in total. The van der Waals surface area contributed by atoms with Gasteiger partial charge in [-0.3, -0.25) is 0 Å². The summed E-state index contributed by atoms with van der Waals surface area (Å²) in [6.07, 6.45) is -4.47. The molecule has 1 aromatic carbocycles. The Bertz CT molecular complexity index is 1050. The number of aliphatic hydroxyl groups is 2. The summed E-state index contributed by atoms with van der Waals surface area (Å²) in [5, 5.41) is 27.4. The molecule has 1 saturated carbocycles. The second kappa shape index (κ2) is 6.96. The number of halogens is 4. The maximum absolute atomic E-state index is 14.2. The number of anilines is 1. The molecular weight excluding hydrogens is 392 g/mol. The van der Waals surface area contributed by atoms with Gasteiger partial charge in [-0.2, -0.15) is 22.8 Å². The summed E-state index contributed by atoms with van der Waals surface area (Å²) in [5.41, 5.74) is -0.978. The standard InChI is InChI=1S/C19H18F4N4O2/c1-9-6-14(18(29)17(9)28)25-15-4-5-24-16-8-13(26-27(15)16)11-7-10(19(21,22)23)2-3-12(11)20/h2-5,7-9,14,17-18,25,28-29H,6H2,1H3/t9-,14-,17-,18+/m1/s1. The van der Waals surface area contributed by atoms with Crippen LogP contribution in [0, 0.1) is 11.7 Å². The highest BCUT2D eigenvalue weighted by Gasteiger charge is 2.39. The summed E-state index contributed by atoms with van der Waals surface area (Å²) in [6.45, 7) is 1.82. The SMILES string of the molecule is C[C@@H]1C[C@@H](Nc2ccnc3cc(-c4cc(C(F)(F)F)ccc4F)nn23)[C@H](O)[C@@H]1O. The molecule has 0 saturated heterocycles. The largest absolute Gasteiger partial charge is 0.416 e. The minimum atomic E-state index is -4.61. The number of nitrogens with zero attached hydrogens (tertiary/aromatic N) is 3. The fraction of sp³-hybridized carbons (Fsp3) is 0.368. The zero-order valence-corrected chi connectivity index (χ0v) is 15.2. The van der Waals surface area contributed by atoms with Crippen LogP contribution in [0.1, 0.15) is 18.9 Å². The number of hydrogen-bond acceptors (Lipinski definition) is 5. The zero-order valence-electron chi connectivity index (χ0n) is 15.2. The summed E-state index contributed by atoms with van der Waals surface area (Å²) in [7, 11) is 0. The molecule has 2 aromatic heterocycles. The fourth-order valence-corrected chi connectivity index (χ4v) is 3.62. The second-order valence-electron chi connectivity index (χ2n) is 7.27. The number of hydrogen-bond donors (Lipinski definition) is 3. The van der Waals surface area contributed by atoms with Crippen LogP contribution in [0.5, 0.6) is 0 Å². The Morgan fingerprint density at radius 2 is 1.90 bits per heavy atom. The van der Waals surface area contributed by atoms with Gasteiger partial charge in [0.2, 0.25) is 0 Å². The first-order valence-electron chi connectivity index (χ1n) is 8.99. The Balaban J connectivity index is 1.72. The van der Waals surface area contributed by atoms with Crippen molar-refractivity contribution in [3.05, 3.63) is 47.9 Å². The third kappa shape index (κ3) is 3.53. The molecule has 1 aliphatic carbocycles. The van der Waals surface area contributed by atoms with Gasteiger partial charge in [0.05, 0.1) is 23.4 Å². The highest BCUT2D eigenvalue weighted by Crippen LogP contribution is 2.34. The van der Waals surface area contributed by atoms with E-state index in [-0.39, 0.29) is 17.2 Å². The van der Waals surface area contributed by atoms with Gasteiger partial charge < -0.3 is 15.5 Å². The third-order valence-corrected chi connectivity index (χ3v) is 5.23. The number of aromatic nitrogens is 3. The van der Waals surface area contributed by atoms with Crippen LogP contribution < -0.4 is 5.32 Å². The molecular formula is C19H18F4N4O2. The van der Waals surface area contributed by atoms with Crippen LogP contribution in [-0.4, -0.2) is 43.1 Å². The highest BCUT2D eigenvalue weighted by molar-refractivity contribution is 5.67. The lowest BCUT2D eigenvalue weighted by molar-refractivity contribution is -0.137. The molecule has 1 aliphatic rings. The normalized spacial score (nSPS) is 24.9. The molecule has 29 heavy (non-hydrogen) atoms. The van der Waals surface area contributed by atoms with Crippen LogP contribution in [0.15, 0.2) is 36.5 Å². The lowest BCUT2D eigenvalue weighted by Crippen LogP contribution is -2.35. The Kier molecular flexibility index (Phi) is 4.70. The first-order chi connectivity index (χ1) is 13.6. The molecule has 0 spiro atoms. The van der Waals surface area contributed by atoms with Crippen molar-refractivity contribution >= 4 is 11.5 Å². The molecule has 0 radical (unpaired) electrons. The third-order valence-electron chi connectivity index (χ3n) is 5.23. The predicted octanol–water partition coefficient (Wildman–Crippen LogP) is 3.10. The highest BCUT2D eigenvalue weighted by atomic mass is 19.4. The maximum Gasteiger partial charge on any atom is 0.416 e. The molecule has 0 bridgehead atoms. The Labute approximate surface area is 162 Å². The van der Waals surface area contributed by atoms with Crippen LogP contribution in [0.3, 0.4) is 0 Å². The van der Waals surface area contributed by atoms with E-state index in [0.29, 0.717) is 30.0 Å². The van der Waals surface area contributed by atoms with Crippen LogP contribution in [0.25, 0.3) is 16.9 Å². The quantitative estimate of drug-likeness (QED) is 0.578. The van der Waals surface area contributed by atoms with E-state index in [0.717, 1.165) is 6.07 Å². The number of fused-ring (bicyclic) bond motifs is 1. The molecule has 1 fully saturated rings. The van der Waals surface area contributed by atoms with Crippen molar-refractivity contribution in [2.75, 3.05) is 5.32 Å². The predicted molar refractivity (Wildman–Crippen MR) is 96.6 cm³/mol. The Morgan fingerprint density at radius 3 is 2.55 bits per heavy atom. The van der Waals surface area contributed by atoms with Crippen molar-refractivity contribution in [3.63, 3.8) is 0 Å². The smallest absolute Gasteiger partial charge is 0.390 e. The van der Waals surface area contributed by atoms with Crippen LogP contribution >= 0.6 is 0 Å². The van der Waals surface area contributed by atoms with E-state index >= 15 is 0 Å². The molecule has 2 heterocycles. The van der Waals surface area contributed by atoms with E-state index in [9.17, 15) is 27.8 Å². The molecule has 4 atom stereocenters. The van der Waals surface area contributed by atoms with E-state index in [2.05, 4.69) is 15.4 Å². The lowest BCUT2D eigenvalue weighted by Gasteiger charge is -2.19. The van der Waals surface area contributed by atoms with Gasteiger partial charge in [0.25, 0.3) is 0 Å². The second-order valence-corrected chi connectivity index (χ2v) is 7.27. The molecule has 0 amide bonds. The topological polar surface area (TPSA) is 82.7 Å². The maximum atomic E-state index is 14.2.